The maximum absolute atomic E-state index is 12.8. The number of carbonyl (C=O) groups excluding carboxylic acids is 3. The Labute approximate surface area is 166 Å². The molecule has 1 N–H and O–H groups in total. The van der Waals surface area contributed by atoms with Gasteiger partial charge in [0.25, 0.3) is 0 Å². The summed E-state index contributed by atoms with van der Waals surface area (Å²) in [6, 6.07) is 0. The summed E-state index contributed by atoms with van der Waals surface area (Å²) in [5.41, 5.74) is 0.912. The Hall–Kier alpha value is -1.49. The van der Waals surface area contributed by atoms with Crippen LogP contribution in [0.25, 0.3) is 0 Å². The fourth-order valence-corrected chi connectivity index (χ4v) is 7.46. The number of rotatable bonds is 4. The van der Waals surface area contributed by atoms with Crippen molar-refractivity contribution in [1.29, 1.82) is 0 Å². The van der Waals surface area contributed by atoms with Crippen molar-refractivity contribution in [3.05, 3.63) is 11.6 Å². The molecule has 5 nitrogen and oxygen atoms in total. The lowest BCUT2D eigenvalue weighted by Gasteiger charge is -2.58. The molecule has 0 radical (unpaired) electrons. The lowest BCUT2D eigenvalue weighted by Crippen LogP contribution is -2.53. The SMILES string of the molecule is CC(=O)OCC(=O)[C@H]1CC[C@H]2[C@@H]3CCC4=CC(=O)CC[C@]4(CO)[C@H]3CC[C@]12C. The second-order valence-corrected chi connectivity index (χ2v) is 9.79. The van der Waals surface area contributed by atoms with Gasteiger partial charge in [0.05, 0.1) is 6.61 Å². The fraction of sp³-hybridized carbons (Fsp3) is 0.783. The van der Waals surface area contributed by atoms with Crippen LogP contribution >= 0.6 is 0 Å². The van der Waals surface area contributed by atoms with Crippen molar-refractivity contribution < 1.29 is 24.2 Å². The van der Waals surface area contributed by atoms with Gasteiger partial charge >= 0.3 is 5.97 Å². The number of aliphatic hydroxyl groups is 1. The number of carbonyl (C=O) groups is 3. The van der Waals surface area contributed by atoms with Crippen molar-refractivity contribution in [2.75, 3.05) is 13.2 Å². The van der Waals surface area contributed by atoms with Gasteiger partial charge in [0.1, 0.15) is 6.61 Å². The molecule has 0 amide bonds. The topological polar surface area (TPSA) is 80.7 Å². The summed E-state index contributed by atoms with van der Waals surface area (Å²) in [5.74, 6) is 1.21. The first-order valence-corrected chi connectivity index (χ1v) is 10.8. The smallest absolute Gasteiger partial charge is 0.303 e. The van der Waals surface area contributed by atoms with Gasteiger partial charge in [-0.3, -0.25) is 14.4 Å². The molecule has 0 spiro atoms. The Morgan fingerprint density at radius 2 is 1.93 bits per heavy atom. The molecule has 154 valence electrons. The van der Waals surface area contributed by atoms with Crippen LogP contribution in [0.1, 0.15) is 65.2 Å². The van der Waals surface area contributed by atoms with Crippen LogP contribution in [0.2, 0.25) is 0 Å². The molecule has 3 saturated carbocycles. The Kier molecular flexibility index (Phi) is 5.01. The Bertz CT molecular complexity index is 725. The molecule has 0 aromatic rings. The number of ketones is 2. The Morgan fingerprint density at radius 1 is 1.14 bits per heavy atom. The van der Waals surface area contributed by atoms with Gasteiger partial charge in [0.2, 0.25) is 0 Å². The van der Waals surface area contributed by atoms with Gasteiger partial charge in [-0.15, -0.1) is 0 Å². The van der Waals surface area contributed by atoms with E-state index < -0.39 is 5.97 Å². The highest BCUT2D eigenvalue weighted by Crippen LogP contribution is 2.66. The van der Waals surface area contributed by atoms with E-state index in [1.54, 1.807) is 0 Å². The van der Waals surface area contributed by atoms with Crippen molar-refractivity contribution in [1.82, 2.24) is 0 Å². The van der Waals surface area contributed by atoms with Crippen LogP contribution in [0.5, 0.6) is 0 Å². The van der Waals surface area contributed by atoms with Crippen LogP contribution < -0.4 is 0 Å². The van der Waals surface area contributed by atoms with Gasteiger partial charge in [0.15, 0.2) is 11.6 Å². The molecule has 28 heavy (non-hydrogen) atoms. The minimum absolute atomic E-state index is 0.0345. The van der Waals surface area contributed by atoms with E-state index in [4.69, 9.17) is 4.74 Å². The third kappa shape index (κ3) is 2.89. The second-order valence-electron chi connectivity index (χ2n) is 9.79. The van der Waals surface area contributed by atoms with Crippen molar-refractivity contribution in [3.63, 3.8) is 0 Å². The number of fused-ring (bicyclic) bond motifs is 5. The monoisotopic (exact) mass is 388 g/mol. The molecule has 3 fully saturated rings. The first kappa shape index (κ1) is 19.8. The van der Waals surface area contributed by atoms with Gasteiger partial charge in [-0.05, 0) is 74.2 Å². The third-order valence-electron chi connectivity index (χ3n) is 8.77. The van der Waals surface area contributed by atoms with Crippen LogP contribution in [0.15, 0.2) is 11.6 Å². The van der Waals surface area contributed by atoms with Crippen LogP contribution in [0.4, 0.5) is 0 Å². The Balaban J connectivity index is 1.58. The molecule has 0 aromatic heterocycles. The lowest BCUT2D eigenvalue weighted by atomic mass is 9.46. The summed E-state index contributed by atoms with van der Waals surface area (Å²) in [7, 11) is 0. The van der Waals surface area contributed by atoms with E-state index in [2.05, 4.69) is 6.92 Å². The molecule has 0 aromatic carbocycles. The van der Waals surface area contributed by atoms with Gasteiger partial charge in [-0.25, -0.2) is 0 Å². The van der Waals surface area contributed by atoms with E-state index in [1.165, 1.54) is 12.5 Å². The summed E-state index contributed by atoms with van der Waals surface area (Å²) in [6.45, 7) is 3.63. The predicted molar refractivity (Wildman–Crippen MR) is 103 cm³/mol. The molecule has 0 saturated heterocycles. The second kappa shape index (κ2) is 7.08. The number of esters is 1. The molecule has 0 heterocycles. The highest BCUT2D eigenvalue weighted by molar-refractivity contribution is 5.91. The molecule has 0 aliphatic heterocycles. The fourth-order valence-electron chi connectivity index (χ4n) is 7.46. The number of ether oxygens (including phenoxy) is 1. The zero-order valence-corrected chi connectivity index (χ0v) is 17.0. The predicted octanol–water partition coefficient (Wildman–Crippen LogP) is 3.24. The van der Waals surface area contributed by atoms with Crippen LogP contribution in [0, 0.1) is 34.5 Å². The molecular weight excluding hydrogens is 356 g/mol. The van der Waals surface area contributed by atoms with Crippen molar-refractivity contribution in [2.24, 2.45) is 34.5 Å². The molecule has 0 unspecified atom stereocenters. The normalized spacial score (nSPS) is 42.1. The summed E-state index contributed by atoms with van der Waals surface area (Å²) >= 11 is 0. The summed E-state index contributed by atoms with van der Waals surface area (Å²) in [4.78, 5) is 35.9. The summed E-state index contributed by atoms with van der Waals surface area (Å²) < 4.78 is 5.00. The van der Waals surface area contributed by atoms with E-state index in [-0.39, 0.29) is 41.5 Å². The zero-order chi connectivity index (χ0) is 20.1. The minimum atomic E-state index is -0.403. The summed E-state index contributed by atoms with van der Waals surface area (Å²) in [6.07, 6.45) is 8.96. The highest BCUT2D eigenvalue weighted by atomic mass is 16.5. The number of hydrogen-bond donors (Lipinski definition) is 1. The number of Topliss-reactive ketones (excluding diaryl/α,β-unsaturated/α-hetero) is 1. The molecule has 0 bridgehead atoms. The van der Waals surface area contributed by atoms with Crippen molar-refractivity contribution in [2.45, 2.75) is 65.2 Å². The van der Waals surface area contributed by atoms with Gasteiger partial charge in [-0.2, -0.15) is 0 Å². The van der Waals surface area contributed by atoms with Crippen molar-refractivity contribution in [3.8, 4) is 0 Å². The molecule has 4 aliphatic rings. The summed E-state index contributed by atoms with van der Waals surface area (Å²) in [5, 5.41) is 10.4. The quantitative estimate of drug-likeness (QED) is 0.748. The van der Waals surface area contributed by atoms with E-state index in [0.29, 0.717) is 24.2 Å². The van der Waals surface area contributed by atoms with Crippen LogP contribution in [-0.2, 0) is 19.1 Å². The first-order valence-electron chi connectivity index (χ1n) is 10.8. The highest BCUT2D eigenvalue weighted by Gasteiger charge is 2.61. The average Bonchev–Trinajstić information content (AvgIpc) is 3.03. The molecular formula is C23H32O5. The first-order chi connectivity index (χ1) is 13.3. The standard InChI is InChI=1S/C23H32O5/c1-14(25)28-12-21(27)20-6-5-18-17-4-3-15-11-16(26)7-10-23(15,13-24)19(17)8-9-22(18,20)2/h11,17-20,24H,3-10,12-13H2,1-2H3/t17-,18-,19-,20+,22-,23+/m0/s1. The molecule has 6 atom stereocenters. The van der Waals surface area contributed by atoms with Gasteiger partial charge in [0, 0.05) is 24.7 Å². The minimum Gasteiger partial charge on any atom is -0.458 e. The molecule has 5 heteroatoms. The maximum atomic E-state index is 12.8. The van der Waals surface area contributed by atoms with Gasteiger partial charge in [-0.1, -0.05) is 12.5 Å². The van der Waals surface area contributed by atoms with Crippen LogP contribution in [0.3, 0.4) is 0 Å². The largest absolute Gasteiger partial charge is 0.458 e. The zero-order valence-electron chi connectivity index (χ0n) is 17.0. The van der Waals surface area contributed by atoms with E-state index in [9.17, 15) is 19.5 Å². The number of hydrogen-bond acceptors (Lipinski definition) is 5. The maximum Gasteiger partial charge on any atom is 0.303 e. The van der Waals surface area contributed by atoms with Gasteiger partial charge < -0.3 is 9.84 Å². The van der Waals surface area contributed by atoms with Crippen molar-refractivity contribution >= 4 is 17.5 Å². The third-order valence-corrected chi connectivity index (χ3v) is 8.77. The molecule has 4 aliphatic carbocycles. The Morgan fingerprint density at radius 3 is 2.64 bits per heavy atom. The van der Waals surface area contributed by atoms with E-state index in [1.807, 2.05) is 6.08 Å². The molecule has 4 rings (SSSR count). The van der Waals surface area contributed by atoms with E-state index >= 15 is 0 Å². The average molecular weight is 389 g/mol. The lowest BCUT2D eigenvalue weighted by molar-refractivity contribution is -0.149. The van der Waals surface area contributed by atoms with E-state index in [0.717, 1.165) is 44.9 Å². The number of aliphatic hydroxyl groups excluding tert-OH is 1. The van der Waals surface area contributed by atoms with Crippen LogP contribution in [-0.4, -0.2) is 35.9 Å².